The minimum absolute atomic E-state index is 0.224. The summed E-state index contributed by atoms with van der Waals surface area (Å²) in [6.07, 6.45) is 30.0. The van der Waals surface area contributed by atoms with Crippen molar-refractivity contribution in [2.75, 3.05) is 0 Å². The average molecular weight is 595 g/mol. The maximum absolute atomic E-state index is 12.6. The Kier molecular flexibility index (Phi) is 29.6. The molecule has 0 amide bonds. The Bertz CT molecular complexity index is 674. The van der Waals surface area contributed by atoms with E-state index in [4.69, 9.17) is 9.84 Å². The van der Waals surface area contributed by atoms with E-state index in [1.807, 2.05) is 0 Å². The molecule has 0 aliphatic rings. The number of carbonyl (C=O) groups is 2. The lowest BCUT2D eigenvalue weighted by Crippen LogP contribution is -2.34. The lowest BCUT2D eigenvalue weighted by molar-refractivity contribution is -0.158. The number of aliphatic hydroxyl groups is 2. The van der Waals surface area contributed by atoms with Crippen molar-refractivity contribution in [3.05, 3.63) is 24.3 Å². The van der Waals surface area contributed by atoms with Gasteiger partial charge in [-0.3, -0.25) is 9.59 Å². The Morgan fingerprint density at radius 3 is 1.74 bits per heavy atom. The molecule has 0 saturated carbocycles. The molecular formula is C36H66O6. The zero-order valence-electron chi connectivity index (χ0n) is 27.3. The minimum atomic E-state index is -0.772. The second-order valence-electron chi connectivity index (χ2n) is 12.0. The highest BCUT2D eigenvalue weighted by Crippen LogP contribution is 2.19. The fourth-order valence-corrected chi connectivity index (χ4v) is 5.13. The third kappa shape index (κ3) is 28.5. The molecule has 0 spiro atoms. The quantitative estimate of drug-likeness (QED) is 0.0419. The Balaban J connectivity index is 4.21. The van der Waals surface area contributed by atoms with Gasteiger partial charge < -0.3 is 20.1 Å². The van der Waals surface area contributed by atoms with Gasteiger partial charge in [0.2, 0.25) is 0 Å². The molecule has 0 radical (unpaired) electrons. The molecule has 0 aliphatic carbocycles. The monoisotopic (exact) mass is 594 g/mol. The summed E-state index contributed by atoms with van der Waals surface area (Å²) in [5.74, 6) is -1.02. The van der Waals surface area contributed by atoms with E-state index >= 15 is 0 Å². The second kappa shape index (κ2) is 30.8. The van der Waals surface area contributed by atoms with Crippen molar-refractivity contribution in [3.8, 4) is 0 Å². The maximum Gasteiger partial charge on any atom is 0.306 e. The predicted octanol–water partition coefficient (Wildman–Crippen LogP) is 9.61. The predicted molar refractivity (Wildman–Crippen MR) is 175 cm³/mol. The van der Waals surface area contributed by atoms with Gasteiger partial charge in [-0.15, -0.1) is 0 Å². The standard InChI is InChI=1S/C36H66O6/c1-3-5-7-8-9-10-11-12-13-14-15-16-17-22-26-30-36(41)42-34(31-32(37)27-23-6-4-2)33(38)28-24-20-18-19-21-25-29-35(39)40/h9-10,12-13,32-34,37-38H,3-8,11,14-31H2,1-2H3,(H,39,40)/b10-9-,13-12-. The van der Waals surface area contributed by atoms with Crippen LogP contribution in [0.5, 0.6) is 0 Å². The summed E-state index contributed by atoms with van der Waals surface area (Å²) in [4.78, 5) is 23.2. The number of aliphatic hydroxyl groups excluding tert-OH is 2. The number of carboxylic acids is 1. The first-order valence-electron chi connectivity index (χ1n) is 17.5. The highest BCUT2D eigenvalue weighted by atomic mass is 16.6. The van der Waals surface area contributed by atoms with Crippen LogP contribution in [0.15, 0.2) is 24.3 Å². The van der Waals surface area contributed by atoms with Crippen LogP contribution in [-0.4, -0.2) is 45.6 Å². The molecule has 246 valence electrons. The summed E-state index contributed by atoms with van der Waals surface area (Å²) in [5.41, 5.74) is 0. The molecule has 6 heteroatoms. The number of rotatable bonds is 31. The average Bonchev–Trinajstić information content (AvgIpc) is 2.96. The van der Waals surface area contributed by atoms with Crippen molar-refractivity contribution in [1.82, 2.24) is 0 Å². The van der Waals surface area contributed by atoms with Gasteiger partial charge in [0, 0.05) is 19.3 Å². The zero-order valence-corrected chi connectivity index (χ0v) is 27.3. The number of ether oxygens (including phenoxy) is 1. The Labute approximate surface area is 258 Å². The first kappa shape index (κ1) is 40.3. The second-order valence-corrected chi connectivity index (χ2v) is 12.0. The van der Waals surface area contributed by atoms with E-state index in [0.717, 1.165) is 89.9 Å². The summed E-state index contributed by atoms with van der Waals surface area (Å²) >= 11 is 0. The van der Waals surface area contributed by atoms with Crippen LogP contribution in [0, 0.1) is 0 Å². The first-order chi connectivity index (χ1) is 20.4. The fraction of sp³-hybridized carbons (Fsp3) is 0.833. The van der Waals surface area contributed by atoms with Crippen molar-refractivity contribution in [2.24, 2.45) is 0 Å². The molecular weight excluding hydrogens is 528 g/mol. The van der Waals surface area contributed by atoms with Crippen LogP contribution in [0.25, 0.3) is 0 Å². The van der Waals surface area contributed by atoms with Crippen molar-refractivity contribution in [2.45, 2.75) is 193 Å². The topological polar surface area (TPSA) is 104 Å². The molecule has 0 aromatic carbocycles. The van der Waals surface area contributed by atoms with E-state index in [9.17, 15) is 19.8 Å². The van der Waals surface area contributed by atoms with Gasteiger partial charge in [-0.25, -0.2) is 0 Å². The molecule has 42 heavy (non-hydrogen) atoms. The van der Waals surface area contributed by atoms with Crippen LogP contribution < -0.4 is 0 Å². The van der Waals surface area contributed by atoms with Crippen molar-refractivity contribution >= 4 is 11.9 Å². The van der Waals surface area contributed by atoms with Crippen molar-refractivity contribution in [3.63, 3.8) is 0 Å². The van der Waals surface area contributed by atoms with E-state index in [0.29, 0.717) is 25.7 Å². The van der Waals surface area contributed by atoms with Gasteiger partial charge in [0.1, 0.15) is 6.10 Å². The summed E-state index contributed by atoms with van der Waals surface area (Å²) in [6.45, 7) is 4.36. The Morgan fingerprint density at radius 1 is 0.619 bits per heavy atom. The Hall–Kier alpha value is -1.66. The molecule has 3 atom stereocenters. The number of carbonyl (C=O) groups excluding carboxylic acids is 1. The number of hydrogen-bond acceptors (Lipinski definition) is 5. The molecule has 3 unspecified atom stereocenters. The van der Waals surface area contributed by atoms with Gasteiger partial charge in [-0.05, 0) is 57.8 Å². The molecule has 0 aromatic heterocycles. The highest BCUT2D eigenvalue weighted by molar-refractivity contribution is 5.69. The highest BCUT2D eigenvalue weighted by Gasteiger charge is 2.26. The van der Waals surface area contributed by atoms with Gasteiger partial charge in [-0.1, -0.05) is 122 Å². The van der Waals surface area contributed by atoms with Crippen LogP contribution in [0.1, 0.15) is 174 Å². The van der Waals surface area contributed by atoms with E-state index < -0.39 is 24.3 Å². The summed E-state index contributed by atoms with van der Waals surface area (Å²) in [6, 6.07) is 0. The van der Waals surface area contributed by atoms with E-state index in [1.165, 1.54) is 32.1 Å². The number of allylic oxidation sites excluding steroid dienone is 4. The zero-order chi connectivity index (χ0) is 31.1. The first-order valence-corrected chi connectivity index (χ1v) is 17.5. The molecule has 3 N–H and O–H groups in total. The number of aliphatic carboxylic acids is 1. The molecule has 0 rings (SSSR count). The summed E-state index contributed by atoms with van der Waals surface area (Å²) in [5, 5.41) is 30.0. The molecule has 6 nitrogen and oxygen atoms in total. The number of carboxylic acid groups (broad SMARTS) is 1. The number of hydrogen-bond donors (Lipinski definition) is 3. The summed E-state index contributed by atoms with van der Waals surface area (Å²) in [7, 11) is 0. The van der Waals surface area contributed by atoms with E-state index in [2.05, 4.69) is 38.2 Å². The molecule has 0 aliphatic heterocycles. The van der Waals surface area contributed by atoms with Gasteiger partial charge >= 0.3 is 11.9 Å². The van der Waals surface area contributed by atoms with Crippen LogP contribution in [0.3, 0.4) is 0 Å². The van der Waals surface area contributed by atoms with E-state index in [1.54, 1.807) is 0 Å². The lowest BCUT2D eigenvalue weighted by Gasteiger charge is -2.25. The van der Waals surface area contributed by atoms with Gasteiger partial charge in [0.05, 0.1) is 12.2 Å². The van der Waals surface area contributed by atoms with Crippen LogP contribution in [0.4, 0.5) is 0 Å². The molecule has 0 aromatic rings. The van der Waals surface area contributed by atoms with Crippen molar-refractivity contribution < 1.29 is 29.6 Å². The molecule has 0 fully saturated rings. The summed E-state index contributed by atoms with van der Waals surface area (Å²) < 4.78 is 5.72. The SMILES string of the molecule is CCCCC/C=C\C/C=C\CCCCCCCC(=O)OC(CC(O)CCCCC)C(O)CCCCCCCCC(=O)O. The molecule has 0 saturated heterocycles. The van der Waals surface area contributed by atoms with E-state index in [-0.39, 0.29) is 18.8 Å². The molecule has 0 heterocycles. The van der Waals surface area contributed by atoms with Gasteiger partial charge in [0.15, 0.2) is 0 Å². The number of unbranched alkanes of at least 4 members (excludes halogenated alkanes) is 15. The van der Waals surface area contributed by atoms with Crippen LogP contribution in [-0.2, 0) is 14.3 Å². The number of esters is 1. The largest absolute Gasteiger partial charge is 0.481 e. The van der Waals surface area contributed by atoms with Crippen LogP contribution in [0.2, 0.25) is 0 Å². The smallest absolute Gasteiger partial charge is 0.306 e. The van der Waals surface area contributed by atoms with Gasteiger partial charge in [-0.2, -0.15) is 0 Å². The van der Waals surface area contributed by atoms with Gasteiger partial charge in [0.25, 0.3) is 0 Å². The third-order valence-corrected chi connectivity index (χ3v) is 7.83. The van der Waals surface area contributed by atoms with Crippen molar-refractivity contribution in [1.29, 1.82) is 0 Å². The minimum Gasteiger partial charge on any atom is -0.481 e. The Morgan fingerprint density at radius 2 is 1.12 bits per heavy atom. The normalized spacial score (nSPS) is 14.0. The fourth-order valence-electron chi connectivity index (χ4n) is 5.13. The third-order valence-electron chi connectivity index (χ3n) is 7.83. The lowest BCUT2D eigenvalue weighted by atomic mass is 9.97. The van der Waals surface area contributed by atoms with Crippen LogP contribution >= 0.6 is 0 Å². The maximum atomic E-state index is 12.6. The molecule has 0 bridgehead atoms.